The second kappa shape index (κ2) is 11.6. The summed E-state index contributed by atoms with van der Waals surface area (Å²) in [6.45, 7) is 3.94. The van der Waals surface area contributed by atoms with Gasteiger partial charge in [-0.1, -0.05) is 6.07 Å². The van der Waals surface area contributed by atoms with Crippen LogP contribution in [0, 0.1) is 23.1 Å². The second-order valence-electron chi connectivity index (χ2n) is 9.79. The lowest BCUT2D eigenvalue weighted by Gasteiger charge is -2.34. The van der Waals surface area contributed by atoms with E-state index in [2.05, 4.69) is 20.4 Å². The lowest BCUT2D eigenvalue weighted by Crippen LogP contribution is -2.45. The van der Waals surface area contributed by atoms with Gasteiger partial charge in [0.15, 0.2) is 17.5 Å². The van der Waals surface area contributed by atoms with Gasteiger partial charge in [0.25, 0.3) is 0 Å². The van der Waals surface area contributed by atoms with E-state index in [-0.39, 0.29) is 41.9 Å². The van der Waals surface area contributed by atoms with E-state index in [9.17, 15) is 9.59 Å². The topological polar surface area (TPSA) is 129 Å². The Labute approximate surface area is 225 Å². The molecule has 3 aromatic rings. The molecule has 2 aliphatic rings. The number of anilines is 2. The van der Waals surface area contributed by atoms with Crippen LogP contribution in [0.3, 0.4) is 0 Å². The van der Waals surface area contributed by atoms with Crippen molar-refractivity contribution in [3.63, 3.8) is 0 Å². The number of amides is 1. The molecule has 39 heavy (non-hydrogen) atoms. The molecule has 11 nitrogen and oxygen atoms in total. The van der Waals surface area contributed by atoms with Crippen molar-refractivity contribution in [3.8, 4) is 17.5 Å². The predicted molar refractivity (Wildman–Crippen MR) is 141 cm³/mol. The van der Waals surface area contributed by atoms with E-state index in [4.69, 9.17) is 10.00 Å². The summed E-state index contributed by atoms with van der Waals surface area (Å²) in [6, 6.07) is 7.32. The van der Waals surface area contributed by atoms with Crippen molar-refractivity contribution in [2.45, 2.75) is 45.1 Å². The van der Waals surface area contributed by atoms with Crippen LogP contribution >= 0.6 is 0 Å². The van der Waals surface area contributed by atoms with Crippen molar-refractivity contribution in [2.75, 3.05) is 43.0 Å². The number of carbonyl (C=O) groups is 2. The van der Waals surface area contributed by atoms with E-state index in [0.717, 1.165) is 18.4 Å². The molecule has 0 aromatic carbocycles. The number of fused-ring (bicyclic) bond motifs is 1. The van der Waals surface area contributed by atoms with Crippen LogP contribution in [0.5, 0.6) is 0 Å². The lowest BCUT2D eigenvalue weighted by molar-refractivity contribution is -0.148. The second-order valence-corrected chi connectivity index (χ2v) is 9.79. The molecule has 0 bridgehead atoms. The molecule has 5 rings (SSSR count). The summed E-state index contributed by atoms with van der Waals surface area (Å²) in [7, 11) is 0. The molecular formula is C27H31FN8O3. The molecule has 1 amide bonds. The van der Waals surface area contributed by atoms with Crippen molar-refractivity contribution in [1.82, 2.24) is 24.5 Å². The quantitative estimate of drug-likeness (QED) is 0.455. The summed E-state index contributed by atoms with van der Waals surface area (Å²) in [5, 5.41) is 16.5. The Morgan fingerprint density at radius 2 is 2.03 bits per heavy atom. The molecule has 2 aliphatic heterocycles. The van der Waals surface area contributed by atoms with E-state index in [0.29, 0.717) is 57.0 Å². The minimum atomic E-state index is -0.578. The highest BCUT2D eigenvalue weighted by molar-refractivity contribution is 5.79. The van der Waals surface area contributed by atoms with Gasteiger partial charge in [-0.3, -0.25) is 9.59 Å². The van der Waals surface area contributed by atoms with E-state index in [1.807, 2.05) is 35.4 Å². The predicted octanol–water partition coefficient (Wildman–Crippen LogP) is 3.03. The third-order valence-corrected chi connectivity index (χ3v) is 7.26. The molecule has 3 aromatic heterocycles. The smallest absolute Gasteiger partial charge is 0.309 e. The molecule has 0 unspecified atom stereocenters. The third kappa shape index (κ3) is 5.62. The highest BCUT2D eigenvalue weighted by Crippen LogP contribution is 2.32. The molecule has 1 N–H and O–H groups in total. The number of nitrogens with one attached hydrogen (secondary N) is 1. The van der Waals surface area contributed by atoms with Crippen LogP contribution in [0.4, 0.5) is 16.0 Å². The minimum Gasteiger partial charge on any atom is -0.466 e. The number of pyridine rings is 1. The molecule has 0 saturated carbocycles. The summed E-state index contributed by atoms with van der Waals surface area (Å²) < 4.78 is 22.9. The van der Waals surface area contributed by atoms with Gasteiger partial charge in [0.2, 0.25) is 11.7 Å². The van der Waals surface area contributed by atoms with E-state index < -0.39 is 5.82 Å². The first-order valence-electron chi connectivity index (χ1n) is 13.3. The number of nitriles is 1. The monoisotopic (exact) mass is 534 g/mol. The molecule has 2 fully saturated rings. The summed E-state index contributed by atoms with van der Waals surface area (Å²) in [6.07, 6.45) is 5.83. The van der Waals surface area contributed by atoms with Gasteiger partial charge < -0.3 is 19.9 Å². The maximum absolute atomic E-state index is 16.0. The maximum Gasteiger partial charge on any atom is 0.309 e. The average molecular weight is 535 g/mol. The van der Waals surface area contributed by atoms with Crippen molar-refractivity contribution in [3.05, 3.63) is 36.4 Å². The first-order valence-corrected chi connectivity index (χ1v) is 13.3. The summed E-state index contributed by atoms with van der Waals surface area (Å²) >= 11 is 0. The van der Waals surface area contributed by atoms with Gasteiger partial charge in [0.05, 0.1) is 35.9 Å². The van der Waals surface area contributed by atoms with Gasteiger partial charge in [0.1, 0.15) is 6.42 Å². The van der Waals surface area contributed by atoms with Crippen LogP contribution in [0.15, 0.2) is 30.6 Å². The van der Waals surface area contributed by atoms with Crippen LogP contribution in [-0.4, -0.2) is 75.2 Å². The van der Waals surface area contributed by atoms with Gasteiger partial charge in [-0.05, 0) is 44.7 Å². The number of halogens is 1. The van der Waals surface area contributed by atoms with Crippen LogP contribution in [0.1, 0.15) is 39.0 Å². The summed E-state index contributed by atoms with van der Waals surface area (Å²) in [5.74, 6) is -0.708. The molecule has 0 spiro atoms. The molecule has 12 heteroatoms. The van der Waals surface area contributed by atoms with Gasteiger partial charge in [-0.15, -0.1) is 0 Å². The van der Waals surface area contributed by atoms with Gasteiger partial charge >= 0.3 is 5.97 Å². The number of rotatable bonds is 7. The van der Waals surface area contributed by atoms with Crippen LogP contribution in [0.25, 0.3) is 16.9 Å². The summed E-state index contributed by atoms with van der Waals surface area (Å²) in [5.41, 5.74) is 1.45. The number of ether oxygens (including phenoxy) is 1. The number of hydrogen-bond donors (Lipinski definition) is 1. The Kier molecular flexibility index (Phi) is 7.86. The standard InChI is InChI=1S/C27H31FN8O3/c1-2-39-27(38)18-9-14-34(15-10-18)26-23(28)25(31-19-6-5-12-35(17-19)22(37)8-11-29)32-24(33-26)20-16-30-36-13-4-3-7-21(20)36/h3-4,7,13,16,18-19H,2,5-6,8-10,12,14-15,17H2,1H3,(H,31,32,33)/t19-/m1/s1. The lowest BCUT2D eigenvalue weighted by atomic mass is 9.97. The zero-order chi connectivity index (χ0) is 27.4. The number of likely N-dealkylation sites (tertiary alicyclic amines) is 1. The Morgan fingerprint density at radius 1 is 1.21 bits per heavy atom. The Bertz CT molecular complexity index is 1400. The van der Waals surface area contributed by atoms with Crippen molar-refractivity contribution < 1.29 is 18.7 Å². The molecule has 0 aliphatic carbocycles. The van der Waals surface area contributed by atoms with Crippen molar-refractivity contribution >= 4 is 29.0 Å². The van der Waals surface area contributed by atoms with Gasteiger partial charge in [0, 0.05) is 38.4 Å². The fourth-order valence-corrected chi connectivity index (χ4v) is 5.25. The van der Waals surface area contributed by atoms with E-state index in [1.54, 1.807) is 22.5 Å². The number of nitrogens with zero attached hydrogens (tertiary/aromatic N) is 7. The van der Waals surface area contributed by atoms with Crippen LogP contribution in [-0.2, 0) is 14.3 Å². The van der Waals surface area contributed by atoms with Crippen molar-refractivity contribution in [1.29, 1.82) is 5.26 Å². The Hall–Kier alpha value is -4.27. The zero-order valence-electron chi connectivity index (χ0n) is 21.8. The highest BCUT2D eigenvalue weighted by atomic mass is 19.1. The van der Waals surface area contributed by atoms with Crippen molar-refractivity contribution in [2.24, 2.45) is 5.92 Å². The molecule has 2 saturated heterocycles. The molecule has 204 valence electrons. The van der Waals surface area contributed by atoms with E-state index >= 15 is 4.39 Å². The highest BCUT2D eigenvalue weighted by Gasteiger charge is 2.31. The number of hydrogen-bond acceptors (Lipinski definition) is 9. The molecule has 0 radical (unpaired) electrons. The van der Waals surface area contributed by atoms with E-state index in [1.165, 1.54) is 0 Å². The third-order valence-electron chi connectivity index (χ3n) is 7.26. The van der Waals surface area contributed by atoms with Crippen LogP contribution < -0.4 is 10.2 Å². The number of carbonyl (C=O) groups excluding carboxylic acids is 2. The molecule has 1 atom stereocenters. The minimum absolute atomic E-state index is 0.0531. The van der Waals surface area contributed by atoms with Gasteiger partial charge in [-0.2, -0.15) is 14.8 Å². The average Bonchev–Trinajstić information content (AvgIpc) is 3.39. The van der Waals surface area contributed by atoms with Crippen LogP contribution in [0.2, 0.25) is 0 Å². The Morgan fingerprint density at radius 3 is 2.79 bits per heavy atom. The maximum atomic E-state index is 16.0. The Balaban J connectivity index is 1.46. The largest absolute Gasteiger partial charge is 0.466 e. The fourth-order valence-electron chi connectivity index (χ4n) is 5.25. The first-order chi connectivity index (χ1) is 19.0. The zero-order valence-corrected chi connectivity index (χ0v) is 21.8. The SMILES string of the molecule is CCOC(=O)C1CCN(c2nc(-c3cnn4ccccc34)nc(N[C@@H]3CCCN(C(=O)CC#N)C3)c2F)CC1. The summed E-state index contributed by atoms with van der Waals surface area (Å²) in [4.78, 5) is 37.2. The van der Waals surface area contributed by atoms with Gasteiger partial charge in [-0.25, -0.2) is 14.5 Å². The molecular weight excluding hydrogens is 503 g/mol. The fraction of sp³-hybridized carbons (Fsp3) is 0.481. The number of esters is 1. The molecule has 5 heterocycles. The number of piperidine rings is 2. The number of aromatic nitrogens is 4. The first kappa shape index (κ1) is 26.3. The normalized spacial score (nSPS) is 18.1.